The van der Waals surface area contributed by atoms with Gasteiger partial charge in [0.15, 0.2) is 0 Å². The summed E-state index contributed by atoms with van der Waals surface area (Å²) in [6, 6.07) is 57.8. The number of hydrogen-bond acceptors (Lipinski definition) is 3. The Morgan fingerprint density at radius 1 is 0.380 bits per heavy atom. The van der Waals surface area contributed by atoms with Crippen LogP contribution in [0.4, 0.5) is 0 Å². The Morgan fingerprint density at radius 3 is 1.78 bits per heavy atom. The number of nitriles is 3. The van der Waals surface area contributed by atoms with Crippen molar-refractivity contribution in [2.75, 3.05) is 0 Å². The summed E-state index contributed by atoms with van der Waals surface area (Å²) in [6.07, 6.45) is 0. The minimum atomic E-state index is 0.545. The van der Waals surface area contributed by atoms with Crippen LogP contribution in [0.25, 0.3) is 77.2 Å². The smallest absolute Gasteiger partial charge is 0.101 e. The molecule has 0 aliphatic carbocycles. The lowest BCUT2D eigenvalue weighted by atomic mass is 9.92. The third-order valence-corrected chi connectivity index (χ3v) is 9.65. The molecule has 0 N–H and O–H groups in total. The minimum absolute atomic E-state index is 0.545. The van der Waals surface area contributed by atoms with Crippen molar-refractivity contribution < 1.29 is 0 Å². The molecule has 0 bridgehead atoms. The highest BCUT2D eigenvalue weighted by molar-refractivity contribution is 6.12. The van der Waals surface area contributed by atoms with E-state index in [2.05, 4.69) is 88.0 Å². The molecule has 9 rings (SSSR count). The van der Waals surface area contributed by atoms with Crippen LogP contribution < -0.4 is 0 Å². The molecule has 5 nitrogen and oxygen atoms in total. The molecule has 0 radical (unpaired) electrons. The predicted octanol–water partition coefficient (Wildman–Crippen LogP) is 10.8. The van der Waals surface area contributed by atoms with Crippen molar-refractivity contribution in [1.82, 2.24) is 9.13 Å². The van der Waals surface area contributed by atoms with E-state index in [1.807, 2.05) is 91.0 Å². The van der Waals surface area contributed by atoms with Crippen molar-refractivity contribution in [1.29, 1.82) is 15.8 Å². The molecule has 2 heterocycles. The van der Waals surface area contributed by atoms with Crippen LogP contribution in [0, 0.1) is 34.0 Å². The van der Waals surface area contributed by atoms with Gasteiger partial charge in [-0.3, -0.25) is 0 Å². The van der Waals surface area contributed by atoms with Crippen LogP contribution in [0.3, 0.4) is 0 Å². The average Bonchev–Trinajstić information content (AvgIpc) is 3.70. The molecule has 0 amide bonds. The maximum atomic E-state index is 10.6. The van der Waals surface area contributed by atoms with E-state index >= 15 is 0 Å². The molecular formula is C45H25N5. The van der Waals surface area contributed by atoms with Crippen LogP contribution in [0.5, 0.6) is 0 Å². The molecule has 50 heavy (non-hydrogen) atoms. The number of benzene rings is 7. The summed E-state index contributed by atoms with van der Waals surface area (Å²) < 4.78 is 4.37. The topological polar surface area (TPSA) is 81.2 Å². The van der Waals surface area contributed by atoms with E-state index in [1.54, 1.807) is 0 Å². The maximum absolute atomic E-state index is 10.6. The second-order valence-electron chi connectivity index (χ2n) is 12.3. The van der Waals surface area contributed by atoms with Crippen molar-refractivity contribution in [2.45, 2.75) is 0 Å². The summed E-state index contributed by atoms with van der Waals surface area (Å²) >= 11 is 0. The second-order valence-corrected chi connectivity index (χ2v) is 12.3. The zero-order valence-electron chi connectivity index (χ0n) is 26.7. The van der Waals surface area contributed by atoms with E-state index in [4.69, 9.17) is 0 Å². The Hall–Kier alpha value is -7.39. The number of aromatic nitrogens is 2. The van der Waals surface area contributed by atoms with Gasteiger partial charge in [-0.2, -0.15) is 15.8 Å². The van der Waals surface area contributed by atoms with Gasteiger partial charge < -0.3 is 9.13 Å². The molecule has 0 atom stereocenters. The van der Waals surface area contributed by atoms with Gasteiger partial charge in [-0.05, 0) is 77.4 Å². The number of para-hydroxylation sites is 3. The highest BCUT2D eigenvalue weighted by Gasteiger charge is 2.20. The molecule has 0 fully saturated rings. The van der Waals surface area contributed by atoms with Crippen molar-refractivity contribution in [3.63, 3.8) is 0 Å². The van der Waals surface area contributed by atoms with Crippen LogP contribution in [0.2, 0.25) is 0 Å². The summed E-state index contributed by atoms with van der Waals surface area (Å²) in [4.78, 5) is 0. The predicted molar refractivity (Wildman–Crippen MR) is 200 cm³/mol. The highest BCUT2D eigenvalue weighted by atomic mass is 15.0. The van der Waals surface area contributed by atoms with Crippen LogP contribution in [-0.2, 0) is 0 Å². The molecule has 9 aromatic rings. The monoisotopic (exact) mass is 635 g/mol. The van der Waals surface area contributed by atoms with E-state index in [0.29, 0.717) is 16.7 Å². The summed E-state index contributed by atoms with van der Waals surface area (Å²) in [7, 11) is 0. The first-order chi connectivity index (χ1) is 24.7. The van der Waals surface area contributed by atoms with Gasteiger partial charge in [0.1, 0.15) is 6.07 Å². The molecule has 7 aromatic carbocycles. The first kappa shape index (κ1) is 28.8. The zero-order chi connectivity index (χ0) is 33.8. The van der Waals surface area contributed by atoms with Crippen LogP contribution in [0.15, 0.2) is 152 Å². The first-order valence-corrected chi connectivity index (χ1v) is 16.3. The SMILES string of the molecule is N#Cc1ccc2c(c1)c1ccccc1n2-c1ccc(-c2ccccc2-c2ccccc2-n2c3ccccc3c3c(C#N)cccc32)cc1C#N. The van der Waals surface area contributed by atoms with Gasteiger partial charge in [0.25, 0.3) is 0 Å². The molecule has 0 aliphatic heterocycles. The molecule has 0 saturated carbocycles. The summed E-state index contributed by atoms with van der Waals surface area (Å²) in [6.45, 7) is 0. The largest absolute Gasteiger partial charge is 0.309 e. The second kappa shape index (κ2) is 11.4. The fourth-order valence-electron chi connectivity index (χ4n) is 7.53. The number of fused-ring (bicyclic) bond motifs is 6. The van der Waals surface area contributed by atoms with Gasteiger partial charge in [-0.25, -0.2) is 0 Å². The Balaban J connectivity index is 1.25. The van der Waals surface area contributed by atoms with Gasteiger partial charge in [-0.1, -0.05) is 91.0 Å². The standard InChI is InChI=1S/C45H25N5/c46-26-29-20-22-43-38(24-29)36-14-4-7-17-41(36)49(43)39-23-21-30(25-32(39)28-48)33-11-1-2-12-34(33)35-13-3-6-16-40(35)50-42-18-8-5-15-37(42)45-31(27-47)10-9-19-44(45)50/h1-25H. The molecule has 0 spiro atoms. The highest BCUT2D eigenvalue weighted by Crippen LogP contribution is 2.41. The van der Waals surface area contributed by atoms with E-state index in [9.17, 15) is 15.8 Å². The first-order valence-electron chi connectivity index (χ1n) is 16.3. The molecule has 0 unspecified atom stereocenters. The number of rotatable bonds is 4. The van der Waals surface area contributed by atoms with Crippen molar-refractivity contribution in [2.24, 2.45) is 0 Å². The van der Waals surface area contributed by atoms with Gasteiger partial charge in [0, 0.05) is 27.1 Å². The maximum Gasteiger partial charge on any atom is 0.101 e. The molecule has 0 saturated heterocycles. The fraction of sp³-hybridized carbons (Fsp3) is 0. The Bertz CT molecular complexity index is 2970. The average molecular weight is 636 g/mol. The van der Waals surface area contributed by atoms with E-state index in [1.165, 1.54) is 0 Å². The van der Waals surface area contributed by atoms with Gasteiger partial charge in [-0.15, -0.1) is 0 Å². The zero-order valence-corrected chi connectivity index (χ0v) is 26.7. The third-order valence-electron chi connectivity index (χ3n) is 9.65. The van der Waals surface area contributed by atoms with E-state index in [0.717, 1.165) is 77.2 Å². The number of hydrogen-bond donors (Lipinski definition) is 0. The molecule has 2 aromatic heterocycles. The lowest BCUT2D eigenvalue weighted by Gasteiger charge is -2.18. The lowest BCUT2D eigenvalue weighted by Crippen LogP contribution is -1.99. The van der Waals surface area contributed by atoms with Crippen LogP contribution >= 0.6 is 0 Å². The Labute approximate surface area is 287 Å². The Kier molecular flexibility index (Phi) is 6.56. The molecule has 5 heteroatoms. The summed E-state index contributed by atoms with van der Waals surface area (Å²) in [5.74, 6) is 0. The van der Waals surface area contributed by atoms with Gasteiger partial charge in [0.2, 0.25) is 0 Å². The van der Waals surface area contributed by atoms with Crippen LogP contribution in [-0.4, -0.2) is 9.13 Å². The molecular weight excluding hydrogens is 611 g/mol. The quantitative estimate of drug-likeness (QED) is 0.193. The van der Waals surface area contributed by atoms with E-state index < -0.39 is 0 Å². The van der Waals surface area contributed by atoms with E-state index in [-0.39, 0.29) is 0 Å². The molecule has 230 valence electrons. The third kappa shape index (κ3) is 4.24. The van der Waals surface area contributed by atoms with Crippen molar-refractivity contribution in [3.05, 3.63) is 168 Å². The summed E-state index contributed by atoms with van der Waals surface area (Å²) in [5.41, 5.74) is 11.5. The lowest BCUT2D eigenvalue weighted by molar-refractivity contribution is 1.17. The number of nitrogens with zero attached hydrogens (tertiary/aromatic N) is 5. The minimum Gasteiger partial charge on any atom is -0.309 e. The van der Waals surface area contributed by atoms with Gasteiger partial charge >= 0.3 is 0 Å². The van der Waals surface area contributed by atoms with Crippen LogP contribution in [0.1, 0.15) is 16.7 Å². The van der Waals surface area contributed by atoms with Crippen molar-refractivity contribution in [3.8, 4) is 51.8 Å². The van der Waals surface area contributed by atoms with Crippen molar-refractivity contribution >= 4 is 43.6 Å². The fourth-order valence-corrected chi connectivity index (χ4v) is 7.53. The summed E-state index contributed by atoms with van der Waals surface area (Å²) in [5, 5.41) is 34.2. The Morgan fingerprint density at radius 2 is 1.00 bits per heavy atom. The normalized spacial score (nSPS) is 11.1. The van der Waals surface area contributed by atoms with Gasteiger partial charge in [0.05, 0.1) is 62.3 Å². The molecule has 0 aliphatic rings.